The summed E-state index contributed by atoms with van der Waals surface area (Å²) in [5, 5.41) is 22.7. The molecule has 0 bridgehead atoms. The third-order valence-corrected chi connectivity index (χ3v) is 6.10. The molecule has 0 unspecified atom stereocenters. The molecule has 0 spiro atoms. The molecule has 29 heavy (non-hydrogen) atoms. The van der Waals surface area contributed by atoms with Crippen molar-refractivity contribution in [3.05, 3.63) is 62.1 Å². The Bertz CT molecular complexity index is 1200. The highest BCUT2D eigenvalue weighted by atomic mass is 35.5. The van der Waals surface area contributed by atoms with Crippen LogP contribution in [-0.2, 0) is 17.9 Å². The third-order valence-electron chi connectivity index (χ3n) is 3.95. The fraction of sp³-hybridized carbons (Fsp3) is 0.150. The van der Waals surface area contributed by atoms with Crippen LogP contribution in [0, 0.1) is 16.4 Å². The number of halogens is 1. The number of aliphatic carboxylic acids is 1. The lowest BCUT2D eigenvalue weighted by atomic mass is 10.2. The first-order valence-electron chi connectivity index (χ1n) is 8.40. The Balaban J connectivity index is 1.98. The Morgan fingerprint density at radius 1 is 1.31 bits per heavy atom. The van der Waals surface area contributed by atoms with Crippen molar-refractivity contribution in [1.29, 1.82) is 0 Å². The fourth-order valence-corrected chi connectivity index (χ4v) is 4.47. The summed E-state index contributed by atoms with van der Waals surface area (Å²) < 4.78 is 2.14. The minimum atomic E-state index is -0.976. The van der Waals surface area contributed by atoms with Gasteiger partial charge in [0.2, 0.25) is 0 Å². The number of aromatic nitrogens is 1. The number of nitrogens with one attached hydrogen (secondary N) is 1. The van der Waals surface area contributed by atoms with Crippen LogP contribution in [0.2, 0.25) is 5.02 Å². The molecule has 0 fully saturated rings. The zero-order valence-electron chi connectivity index (χ0n) is 14.9. The molecule has 2 aromatic heterocycles. The molecule has 0 amide bonds. The normalized spacial score (nSPS) is 10.4. The van der Waals surface area contributed by atoms with E-state index in [0.29, 0.717) is 41.7 Å². The van der Waals surface area contributed by atoms with Gasteiger partial charge in [-0.05, 0) is 23.8 Å². The number of carboxylic acid groups (broad SMARTS) is 1. The van der Waals surface area contributed by atoms with Crippen molar-refractivity contribution in [2.75, 3.05) is 6.61 Å². The molecule has 0 aliphatic carbocycles. The third kappa shape index (κ3) is 5.21. The largest absolute Gasteiger partial charge is 0.480 e. The van der Waals surface area contributed by atoms with Gasteiger partial charge in [0.15, 0.2) is 0 Å². The summed E-state index contributed by atoms with van der Waals surface area (Å²) in [7, 11) is 0. The highest BCUT2D eigenvalue weighted by molar-refractivity contribution is 7.80. The number of fused-ring (bicyclic) bond motifs is 1. The molecule has 2 heterocycles. The van der Waals surface area contributed by atoms with E-state index in [-0.39, 0.29) is 13.2 Å². The van der Waals surface area contributed by atoms with Gasteiger partial charge < -0.3 is 20.1 Å². The molecule has 0 radical (unpaired) electrons. The second kappa shape index (κ2) is 9.48. The van der Waals surface area contributed by atoms with Crippen molar-refractivity contribution in [3.8, 4) is 11.8 Å². The molecule has 3 N–H and O–H groups in total. The van der Waals surface area contributed by atoms with Gasteiger partial charge in [-0.25, -0.2) is 0 Å². The van der Waals surface area contributed by atoms with Gasteiger partial charge in [-0.2, -0.15) is 0 Å². The number of carbonyl (C=O) groups is 1. The van der Waals surface area contributed by atoms with Crippen molar-refractivity contribution >= 4 is 68.5 Å². The average Bonchev–Trinajstić information content (AvgIpc) is 3.12. The summed E-state index contributed by atoms with van der Waals surface area (Å²) in [6.07, 6.45) is 1.66. The number of rotatable bonds is 5. The molecule has 0 atom stereocenters. The Hall–Kier alpha value is -2.28. The van der Waals surface area contributed by atoms with Gasteiger partial charge in [-0.1, -0.05) is 60.0 Å². The van der Waals surface area contributed by atoms with Crippen LogP contribution in [0.15, 0.2) is 36.5 Å². The van der Waals surface area contributed by atoms with Crippen LogP contribution in [0.3, 0.4) is 0 Å². The lowest BCUT2D eigenvalue weighted by Gasteiger charge is -2.12. The molecule has 3 rings (SSSR count). The quantitative estimate of drug-likeness (QED) is 0.393. The number of hydrogen-bond acceptors (Lipinski definition) is 5. The van der Waals surface area contributed by atoms with E-state index in [9.17, 15) is 9.90 Å². The molecule has 0 saturated heterocycles. The summed E-state index contributed by atoms with van der Waals surface area (Å²) in [6.45, 7) is -0.00104. The molecule has 9 heteroatoms. The number of aliphatic hydroxyl groups is 1. The van der Waals surface area contributed by atoms with Crippen molar-refractivity contribution < 1.29 is 15.0 Å². The summed E-state index contributed by atoms with van der Waals surface area (Å²) in [5.41, 5.74) is 1.58. The van der Waals surface area contributed by atoms with E-state index in [1.54, 1.807) is 29.0 Å². The van der Waals surface area contributed by atoms with Crippen molar-refractivity contribution in [2.24, 2.45) is 0 Å². The molecular weight excluding hydrogens is 448 g/mol. The van der Waals surface area contributed by atoms with E-state index in [1.807, 2.05) is 12.1 Å². The smallest absolute Gasteiger partial charge is 0.323 e. The monoisotopic (exact) mass is 462 g/mol. The molecule has 0 aliphatic heterocycles. The maximum atomic E-state index is 11.3. The van der Waals surface area contributed by atoms with Crippen LogP contribution in [0.25, 0.3) is 10.2 Å². The highest BCUT2D eigenvalue weighted by Crippen LogP contribution is 2.28. The van der Waals surface area contributed by atoms with Crippen molar-refractivity contribution in [3.63, 3.8) is 0 Å². The average molecular weight is 463 g/mol. The van der Waals surface area contributed by atoms with Gasteiger partial charge in [0.25, 0.3) is 0 Å². The number of benzene rings is 1. The van der Waals surface area contributed by atoms with Crippen LogP contribution in [-0.4, -0.2) is 32.3 Å². The van der Waals surface area contributed by atoms with E-state index >= 15 is 0 Å². The minimum Gasteiger partial charge on any atom is -0.480 e. The maximum absolute atomic E-state index is 11.3. The second-order valence-corrected chi connectivity index (χ2v) is 8.28. The maximum Gasteiger partial charge on any atom is 0.323 e. The van der Waals surface area contributed by atoms with Crippen LogP contribution >= 0.6 is 47.4 Å². The SMILES string of the molecule is O=C(O)Cn1cc(C(=S)NCc2ccc(Cl)cc2)c(=S)c2cc(C#CCO)sc21. The number of nitrogens with zero attached hydrogens (tertiary/aromatic N) is 1. The molecule has 1 aromatic carbocycles. The Morgan fingerprint density at radius 3 is 2.69 bits per heavy atom. The van der Waals surface area contributed by atoms with Crippen molar-refractivity contribution in [1.82, 2.24) is 9.88 Å². The van der Waals surface area contributed by atoms with E-state index in [1.165, 1.54) is 11.3 Å². The molecule has 3 aromatic rings. The van der Waals surface area contributed by atoms with Crippen molar-refractivity contribution in [2.45, 2.75) is 13.1 Å². The fourth-order valence-electron chi connectivity index (χ4n) is 2.67. The second-order valence-electron chi connectivity index (χ2n) is 5.99. The van der Waals surface area contributed by atoms with Gasteiger partial charge in [0.1, 0.15) is 23.0 Å². The van der Waals surface area contributed by atoms with Crippen LogP contribution in [0.1, 0.15) is 16.0 Å². The first kappa shape index (κ1) is 21.4. The highest BCUT2D eigenvalue weighted by Gasteiger charge is 2.14. The lowest BCUT2D eigenvalue weighted by molar-refractivity contribution is -0.137. The number of thiocarbonyl (C=S) groups is 1. The predicted octanol–water partition coefficient (Wildman–Crippen LogP) is 3.98. The zero-order valence-corrected chi connectivity index (χ0v) is 18.1. The number of pyridine rings is 1. The number of carboxylic acids is 1. The first-order chi connectivity index (χ1) is 13.9. The Kier molecular flexibility index (Phi) is 7.00. The first-order valence-corrected chi connectivity index (χ1v) is 10.4. The zero-order chi connectivity index (χ0) is 21.0. The molecule has 0 saturated carbocycles. The van der Waals surface area contributed by atoms with E-state index < -0.39 is 5.97 Å². The summed E-state index contributed by atoms with van der Waals surface area (Å²) in [5.74, 6) is 4.46. The standard InChI is InChI=1S/C20H15ClN2O3S3/c21-13-5-3-12(4-6-13)9-22-19(28)16-10-23(11-17(25)26)20-15(18(16)27)8-14(29-20)2-1-7-24/h3-6,8,10,24H,7,9,11H2,(H,22,28)(H,25,26). The summed E-state index contributed by atoms with van der Waals surface area (Å²) >= 11 is 18.4. The van der Waals surface area contributed by atoms with Gasteiger partial charge in [-0.3, -0.25) is 4.79 Å². The van der Waals surface area contributed by atoms with Gasteiger partial charge in [-0.15, -0.1) is 11.3 Å². The Morgan fingerprint density at radius 2 is 2.03 bits per heavy atom. The van der Waals surface area contributed by atoms with E-state index in [2.05, 4.69) is 17.2 Å². The number of thiophene rings is 1. The van der Waals surface area contributed by atoms with Gasteiger partial charge in [0, 0.05) is 28.7 Å². The van der Waals surface area contributed by atoms with Crippen LogP contribution < -0.4 is 5.32 Å². The van der Waals surface area contributed by atoms with Crippen LogP contribution in [0.4, 0.5) is 0 Å². The number of hydrogen-bond donors (Lipinski definition) is 3. The molecule has 0 aliphatic rings. The van der Waals surface area contributed by atoms with E-state index in [0.717, 1.165) is 5.56 Å². The van der Waals surface area contributed by atoms with Crippen LogP contribution in [0.5, 0.6) is 0 Å². The van der Waals surface area contributed by atoms with Gasteiger partial charge >= 0.3 is 5.97 Å². The number of aliphatic hydroxyl groups excluding tert-OH is 1. The minimum absolute atomic E-state index is 0.230. The molecular formula is C20H15ClN2O3S3. The Labute approximate surface area is 186 Å². The summed E-state index contributed by atoms with van der Waals surface area (Å²) in [6, 6.07) is 9.19. The predicted molar refractivity (Wildman–Crippen MR) is 122 cm³/mol. The molecule has 5 nitrogen and oxygen atoms in total. The summed E-state index contributed by atoms with van der Waals surface area (Å²) in [4.78, 5) is 13.2. The topological polar surface area (TPSA) is 74.5 Å². The van der Waals surface area contributed by atoms with E-state index in [4.69, 9.17) is 41.1 Å². The lowest BCUT2D eigenvalue weighted by Crippen LogP contribution is -2.23. The van der Waals surface area contributed by atoms with Gasteiger partial charge in [0.05, 0.1) is 9.39 Å². The molecule has 148 valence electrons.